The Bertz CT molecular complexity index is 585. The van der Waals surface area contributed by atoms with E-state index in [2.05, 4.69) is 5.32 Å². The van der Waals surface area contributed by atoms with Crippen LogP contribution in [0.4, 0.5) is 4.79 Å². The lowest BCUT2D eigenvalue weighted by Gasteiger charge is -2.34. The molecule has 1 heterocycles. The van der Waals surface area contributed by atoms with E-state index in [1.54, 1.807) is 18.9 Å². The average molecular weight is 350 g/mol. The first-order valence-corrected chi connectivity index (χ1v) is 8.72. The maximum absolute atomic E-state index is 12.5. The van der Waals surface area contributed by atoms with Crippen LogP contribution in [0, 0.1) is 0 Å². The van der Waals surface area contributed by atoms with Crippen molar-refractivity contribution in [2.75, 3.05) is 39.9 Å². The van der Waals surface area contributed by atoms with E-state index in [0.29, 0.717) is 26.2 Å². The molecule has 2 rings (SSSR count). The fraction of sp³-hybridized carbons (Fsp3) is 0.556. The maximum atomic E-state index is 12.5. The highest BCUT2D eigenvalue weighted by Gasteiger charge is 2.31. The molecule has 0 aromatic heterocycles. The number of benzene rings is 1. The number of nitrogens with zero attached hydrogens (tertiary/aromatic N) is 1. The normalized spacial score (nSPS) is 16.2. The smallest absolute Gasteiger partial charge is 0.410 e. The summed E-state index contributed by atoms with van der Waals surface area (Å²) in [7, 11) is 1.62. The predicted octanol–water partition coefficient (Wildman–Crippen LogP) is 0.0569. The lowest BCUT2D eigenvalue weighted by Crippen LogP contribution is -3.19. The van der Waals surface area contributed by atoms with E-state index in [0.717, 1.165) is 24.4 Å². The van der Waals surface area contributed by atoms with Gasteiger partial charge in [-0.05, 0) is 19.9 Å². The number of ether oxygens (including phenoxy) is 2. The molecular formula is C18H28N3O4+. The van der Waals surface area contributed by atoms with Crippen LogP contribution in [-0.4, -0.2) is 62.8 Å². The largest absolute Gasteiger partial charge is 0.496 e. The second kappa shape index (κ2) is 9.27. The Morgan fingerprint density at radius 2 is 1.96 bits per heavy atom. The molecule has 1 aromatic rings. The number of hydrogen-bond acceptors (Lipinski definition) is 4. The molecule has 0 aliphatic carbocycles. The summed E-state index contributed by atoms with van der Waals surface area (Å²) >= 11 is 0. The molecule has 0 unspecified atom stereocenters. The van der Waals surface area contributed by atoms with Crippen molar-refractivity contribution in [3.8, 4) is 5.75 Å². The quantitative estimate of drug-likeness (QED) is 0.761. The molecule has 25 heavy (non-hydrogen) atoms. The van der Waals surface area contributed by atoms with Crippen molar-refractivity contribution in [3.05, 3.63) is 29.8 Å². The number of amides is 2. The van der Waals surface area contributed by atoms with Gasteiger partial charge in [-0.25, -0.2) is 4.79 Å². The van der Waals surface area contributed by atoms with E-state index in [1.807, 2.05) is 31.2 Å². The topological polar surface area (TPSA) is 72.3 Å². The number of carbonyl (C=O) groups is 2. The number of methoxy groups -OCH3 is 1. The van der Waals surface area contributed by atoms with Gasteiger partial charge in [-0.2, -0.15) is 0 Å². The first-order chi connectivity index (χ1) is 12.1. The second-order valence-electron chi connectivity index (χ2n) is 6.10. The molecule has 0 spiro atoms. The van der Waals surface area contributed by atoms with Gasteiger partial charge >= 0.3 is 6.09 Å². The molecule has 7 heteroatoms. The van der Waals surface area contributed by atoms with Crippen LogP contribution in [0.1, 0.15) is 19.4 Å². The zero-order valence-electron chi connectivity index (χ0n) is 15.2. The van der Waals surface area contributed by atoms with Crippen LogP contribution in [-0.2, 0) is 16.1 Å². The highest BCUT2D eigenvalue weighted by atomic mass is 16.6. The highest BCUT2D eigenvalue weighted by molar-refractivity contribution is 5.80. The first-order valence-electron chi connectivity index (χ1n) is 8.72. The predicted molar refractivity (Wildman–Crippen MR) is 93.6 cm³/mol. The third kappa shape index (κ3) is 5.09. The zero-order valence-corrected chi connectivity index (χ0v) is 15.2. The van der Waals surface area contributed by atoms with Crippen LogP contribution < -0.4 is 15.0 Å². The Kier molecular flexibility index (Phi) is 7.06. The van der Waals surface area contributed by atoms with Crippen LogP contribution in [0.25, 0.3) is 0 Å². The summed E-state index contributed by atoms with van der Waals surface area (Å²) in [5.41, 5.74) is 0.952. The van der Waals surface area contributed by atoms with E-state index in [9.17, 15) is 9.59 Å². The monoisotopic (exact) mass is 350 g/mol. The molecule has 2 N–H and O–H groups in total. The van der Waals surface area contributed by atoms with Gasteiger partial charge < -0.3 is 19.7 Å². The van der Waals surface area contributed by atoms with Crippen LogP contribution >= 0.6 is 0 Å². The summed E-state index contributed by atoms with van der Waals surface area (Å²) in [5.74, 6) is 0.774. The molecule has 1 fully saturated rings. The van der Waals surface area contributed by atoms with E-state index in [4.69, 9.17) is 9.47 Å². The minimum Gasteiger partial charge on any atom is -0.496 e. The summed E-state index contributed by atoms with van der Waals surface area (Å²) in [6.45, 7) is 7.24. The number of carbonyl (C=O) groups excluding carboxylic acids is 2. The molecule has 1 saturated heterocycles. The van der Waals surface area contributed by atoms with Gasteiger partial charge in [0.1, 0.15) is 5.75 Å². The molecular weight excluding hydrogens is 322 g/mol. The number of hydrogen-bond donors (Lipinski definition) is 2. The van der Waals surface area contributed by atoms with Gasteiger partial charge in [0.25, 0.3) is 5.91 Å². The van der Waals surface area contributed by atoms with Crippen LogP contribution in [0.5, 0.6) is 5.75 Å². The van der Waals surface area contributed by atoms with Crippen molar-refractivity contribution >= 4 is 12.0 Å². The molecule has 0 bridgehead atoms. The zero-order chi connectivity index (χ0) is 18.2. The van der Waals surface area contributed by atoms with Crippen molar-refractivity contribution in [3.63, 3.8) is 0 Å². The van der Waals surface area contributed by atoms with Gasteiger partial charge in [0.2, 0.25) is 0 Å². The van der Waals surface area contributed by atoms with E-state index in [-0.39, 0.29) is 18.0 Å². The van der Waals surface area contributed by atoms with Crippen molar-refractivity contribution in [2.45, 2.75) is 26.4 Å². The molecule has 1 atom stereocenters. The van der Waals surface area contributed by atoms with Gasteiger partial charge in [-0.1, -0.05) is 18.2 Å². The molecule has 1 aliphatic rings. The first kappa shape index (κ1) is 19.1. The Morgan fingerprint density at radius 3 is 2.60 bits per heavy atom. The molecule has 1 aromatic carbocycles. The van der Waals surface area contributed by atoms with Gasteiger partial charge in [0.15, 0.2) is 6.04 Å². The number of para-hydroxylation sites is 1. The standard InChI is InChI=1S/C18H27N3O4/c1-4-25-18(23)21-11-9-20(10-12-21)14(2)17(22)19-13-15-7-5-6-8-16(15)24-3/h5-8,14H,4,9-13H2,1-3H3,(H,19,22)/p+1/t14-/m1/s1. The second-order valence-corrected chi connectivity index (χ2v) is 6.10. The van der Waals surface area contributed by atoms with E-state index >= 15 is 0 Å². The Balaban J connectivity index is 1.81. The molecule has 2 amide bonds. The highest BCUT2D eigenvalue weighted by Crippen LogP contribution is 2.16. The molecule has 0 saturated carbocycles. The van der Waals surface area contributed by atoms with Crippen molar-refractivity contribution in [1.29, 1.82) is 0 Å². The molecule has 1 aliphatic heterocycles. The molecule has 7 nitrogen and oxygen atoms in total. The minimum absolute atomic E-state index is 0.00508. The Hall–Kier alpha value is -2.28. The van der Waals surface area contributed by atoms with Crippen molar-refractivity contribution in [1.82, 2.24) is 10.2 Å². The third-order valence-corrected chi connectivity index (χ3v) is 4.58. The SMILES string of the molecule is CCOC(=O)N1CC[NH+]([C@H](C)C(=O)NCc2ccccc2OC)CC1. The Morgan fingerprint density at radius 1 is 1.28 bits per heavy atom. The summed E-state index contributed by atoms with van der Waals surface area (Å²) in [5, 5.41) is 2.98. The summed E-state index contributed by atoms with van der Waals surface area (Å²) < 4.78 is 10.3. The summed E-state index contributed by atoms with van der Waals surface area (Å²) in [4.78, 5) is 27.1. The van der Waals surface area contributed by atoms with E-state index in [1.165, 1.54) is 4.90 Å². The van der Waals surface area contributed by atoms with Gasteiger partial charge in [0.05, 0.1) is 39.9 Å². The van der Waals surface area contributed by atoms with Crippen molar-refractivity contribution in [2.24, 2.45) is 0 Å². The lowest BCUT2D eigenvalue weighted by molar-refractivity contribution is -0.918. The summed E-state index contributed by atoms with van der Waals surface area (Å²) in [6.07, 6.45) is -0.269. The van der Waals surface area contributed by atoms with Gasteiger partial charge in [-0.15, -0.1) is 0 Å². The lowest BCUT2D eigenvalue weighted by atomic mass is 10.2. The fourth-order valence-corrected chi connectivity index (χ4v) is 2.99. The Labute approximate surface area is 148 Å². The molecule has 0 radical (unpaired) electrons. The average Bonchev–Trinajstić information content (AvgIpc) is 2.66. The fourth-order valence-electron chi connectivity index (χ4n) is 2.99. The number of nitrogens with one attached hydrogen (secondary N) is 2. The van der Waals surface area contributed by atoms with Crippen molar-refractivity contribution < 1.29 is 24.0 Å². The van der Waals surface area contributed by atoms with Crippen LogP contribution in [0.3, 0.4) is 0 Å². The maximum Gasteiger partial charge on any atom is 0.410 e. The van der Waals surface area contributed by atoms with E-state index < -0.39 is 0 Å². The number of rotatable bonds is 6. The van der Waals surface area contributed by atoms with Gasteiger partial charge in [-0.3, -0.25) is 9.69 Å². The van der Waals surface area contributed by atoms with Gasteiger partial charge in [0, 0.05) is 12.1 Å². The number of quaternary nitrogens is 1. The number of piperazine rings is 1. The molecule has 138 valence electrons. The van der Waals surface area contributed by atoms with Crippen LogP contribution in [0.15, 0.2) is 24.3 Å². The summed E-state index contributed by atoms with van der Waals surface area (Å²) in [6, 6.07) is 7.48. The minimum atomic E-state index is -0.269. The third-order valence-electron chi connectivity index (χ3n) is 4.58. The van der Waals surface area contributed by atoms with Crippen LogP contribution in [0.2, 0.25) is 0 Å².